The minimum atomic E-state index is -3.55. The third-order valence-electron chi connectivity index (χ3n) is 3.61. The molecule has 1 aliphatic heterocycles. The molecule has 0 bridgehead atoms. The highest BCUT2D eigenvalue weighted by atomic mass is 31.2. The summed E-state index contributed by atoms with van der Waals surface area (Å²) in [6.07, 6.45) is 2.30. The molecule has 126 valence electrons. The molecule has 0 amide bonds. The lowest BCUT2D eigenvalue weighted by atomic mass is 10.2. The first kappa shape index (κ1) is 16.3. The van der Waals surface area contributed by atoms with E-state index < -0.39 is 13.8 Å². The molecule has 3 N–H and O–H groups in total. The van der Waals surface area contributed by atoms with Crippen LogP contribution in [0.15, 0.2) is 12.7 Å². The third-order valence-corrected chi connectivity index (χ3v) is 4.24. The molecule has 1 saturated heterocycles. The highest BCUT2D eigenvalue weighted by molar-refractivity contribution is 7.51. The van der Waals surface area contributed by atoms with Gasteiger partial charge in [-0.3, -0.25) is 9.13 Å². The fraction of sp³-hybridized carbons (Fsp3) is 0.583. The van der Waals surface area contributed by atoms with Crippen LogP contribution < -0.4 is 5.73 Å². The maximum absolute atomic E-state index is 11.2. The van der Waals surface area contributed by atoms with Crippen molar-refractivity contribution >= 4 is 24.6 Å². The SMILES string of the molecule is COC1CC(COP(C)(=O)O)OC1n1cnc2c(N)ncnc21. The lowest BCUT2D eigenvalue weighted by Gasteiger charge is -2.19. The van der Waals surface area contributed by atoms with Gasteiger partial charge in [0.2, 0.25) is 0 Å². The second-order valence-corrected chi connectivity index (χ2v) is 7.20. The number of nitrogen functional groups attached to an aromatic ring is 1. The van der Waals surface area contributed by atoms with Gasteiger partial charge in [-0.05, 0) is 0 Å². The predicted molar refractivity (Wildman–Crippen MR) is 80.8 cm³/mol. The van der Waals surface area contributed by atoms with Crippen LogP contribution in [0.5, 0.6) is 0 Å². The van der Waals surface area contributed by atoms with Crippen molar-refractivity contribution in [3.63, 3.8) is 0 Å². The number of methoxy groups -OCH3 is 1. The van der Waals surface area contributed by atoms with Gasteiger partial charge in [0, 0.05) is 20.2 Å². The number of imidazole rings is 1. The van der Waals surface area contributed by atoms with Crippen LogP contribution in [0.3, 0.4) is 0 Å². The Morgan fingerprint density at radius 3 is 3.00 bits per heavy atom. The molecular weight excluding hydrogens is 325 g/mol. The van der Waals surface area contributed by atoms with Crippen LogP contribution in [0.4, 0.5) is 5.82 Å². The molecule has 0 aromatic carbocycles. The van der Waals surface area contributed by atoms with E-state index in [9.17, 15) is 9.46 Å². The molecule has 0 radical (unpaired) electrons. The first-order valence-corrected chi connectivity index (χ1v) is 8.97. The van der Waals surface area contributed by atoms with E-state index in [0.717, 1.165) is 6.66 Å². The first-order valence-electron chi connectivity index (χ1n) is 6.95. The number of anilines is 1. The van der Waals surface area contributed by atoms with E-state index in [4.69, 9.17) is 19.7 Å². The van der Waals surface area contributed by atoms with E-state index in [-0.39, 0.29) is 24.6 Å². The average molecular weight is 343 g/mol. The zero-order valence-electron chi connectivity index (χ0n) is 12.7. The summed E-state index contributed by atoms with van der Waals surface area (Å²) in [5.74, 6) is 0.285. The maximum Gasteiger partial charge on any atom is 0.325 e. The Kier molecular flexibility index (Phi) is 4.35. The quantitative estimate of drug-likeness (QED) is 0.746. The van der Waals surface area contributed by atoms with E-state index in [0.29, 0.717) is 17.6 Å². The minimum Gasteiger partial charge on any atom is -0.382 e. The van der Waals surface area contributed by atoms with Crippen molar-refractivity contribution in [2.24, 2.45) is 0 Å². The molecule has 1 fully saturated rings. The molecule has 4 atom stereocenters. The number of fused-ring (bicyclic) bond motifs is 1. The topological polar surface area (TPSA) is 135 Å². The van der Waals surface area contributed by atoms with Crippen LogP contribution in [-0.2, 0) is 18.6 Å². The van der Waals surface area contributed by atoms with Crippen molar-refractivity contribution in [1.29, 1.82) is 0 Å². The number of rotatable bonds is 5. The third kappa shape index (κ3) is 3.36. The van der Waals surface area contributed by atoms with Crippen molar-refractivity contribution in [2.45, 2.75) is 24.9 Å². The first-order chi connectivity index (χ1) is 10.9. The van der Waals surface area contributed by atoms with Gasteiger partial charge in [-0.15, -0.1) is 0 Å². The molecule has 2 aromatic heterocycles. The number of aromatic nitrogens is 4. The summed E-state index contributed by atoms with van der Waals surface area (Å²) in [6, 6.07) is 0. The highest BCUT2D eigenvalue weighted by Crippen LogP contribution is 2.39. The van der Waals surface area contributed by atoms with Gasteiger partial charge in [-0.1, -0.05) is 0 Å². The zero-order valence-corrected chi connectivity index (χ0v) is 13.6. The van der Waals surface area contributed by atoms with Crippen LogP contribution in [0.1, 0.15) is 12.6 Å². The lowest BCUT2D eigenvalue weighted by molar-refractivity contribution is -0.0565. The second kappa shape index (κ2) is 6.14. The van der Waals surface area contributed by atoms with Gasteiger partial charge < -0.3 is 24.6 Å². The summed E-state index contributed by atoms with van der Waals surface area (Å²) in [6.45, 7) is 1.14. The Morgan fingerprint density at radius 2 is 2.30 bits per heavy atom. The van der Waals surface area contributed by atoms with Crippen LogP contribution in [0.25, 0.3) is 11.2 Å². The summed E-state index contributed by atoms with van der Waals surface area (Å²) in [4.78, 5) is 21.5. The smallest absolute Gasteiger partial charge is 0.325 e. The van der Waals surface area contributed by atoms with Crippen LogP contribution in [0, 0.1) is 0 Å². The molecule has 4 unspecified atom stereocenters. The van der Waals surface area contributed by atoms with E-state index >= 15 is 0 Å². The molecule has 1 aliphatic rings. The minimum absolute atomic E-state index is 0.00436. The molecule has 11 heteroatoms. The molecule has 23 heavy (non-hydrogen) atoms. The zero-order chi connectivity index (χ0) is 16.6. The summed E-state index contributed by atoms with van der Waals surface area (Å²) in [5.41, 5.74) is 6.80. The van der Waals surface area contributed by atoms with Crippen molar-refractivity contribution in [1.82, 2.24) is 19.5 Å². The summed E-state index contributed by atoms with van der Waals surface area (Å²) in [7, 11) is -1.98. The van der Waals surface area contributed by atoms with Gasteiger partial charge in [0.1, 0.15) is 17.9 Å². The maximum atomic E-state index is 11.2. The Balaban J connectivity index is 1.83. The molecule has 2 aromatic rings. The second-order valence-electron chi connectivity index (χ2n) is 5.34. The molecular formula is C12H18N5O5P. The van der Waals surface area contributed by atoms with Crippen molar-refractivity contribution in [2.75, 3.05) is 26.1 Å². The summed E-state index contributed by atoms with van der Waals surface area (Å²) < 4.78 is 29.2. The molecule has 0 spiro atoms. The van der Waals surface area contributed by atoms with E-state index in [2.05, 4.69) is 15.0 Å². The Labute approximate surface area is 132 Å². The van der Waals surface area contributed by atoms with Gasteiger partial charge in [0.25, 0.3) is 0 Å². The number of nitrogens with two attached hydrogens (primary N) is 1. The molecule has 10 nitrogen and oxygen atoms in total. The normalized spacial score (nSPS) is 27.3. The lowest BCUT2D eigenvalue weighted by Crippen LogP contribution is -2.21. The number of hydrogen-bond donors (Lipinski definition) is 2. The monoisotopic (exact) mass is 343 g/mol. The Bertz CT molecular complexity index is 747. The molecule has 0 aliphatic carbocycles. The highest BCUT2D eigenvalue weighted by Gasteiger charge is 2.38. The fourth-order valence-electron chi connectivity index (χ4n) is 2.56. The molecule has 3 heterocycles. The van der Waals surface area contributed by atoms with Crippen LogP contribution in [-0.4, -0.2) is 57.0 Å². The van der Waals surface area contributed by atoms with Gasteiger partial charge >= 0.3 is 7.60 Å². The van der Waals surface area contributed by atoms with Crippen molar-refractivity contribution in [3.05, 3.63) is 12.7 Å². The van der Waals surface area contributed by atoms with Crippen molar-refractivity contribution in [3.8, 4) is 0 Å². The van der Waals surface area contributed by atoms with Crippen LogP contribution >= 0.6 is 7.60 Å². The number of hydrogen-bond acceptors (Lipinski definition) is 8. The van der Waals surface area contributed by atoms with Gasteiger partial charge in [-0.25, -0.2) is 15.0 Å². The van der Waals surface area contributed by atoms with Gasteiger partial charge in [0.15, 0.2) is 17.7 Å². The molecule has 0 saturated carbocycles. The largest absolute Gasteiger partial charge is 0.382 e. The molecule has 3 rings (SSSR count). The van der Waals surface area contributed by atoms with Crippen molar-refractivity contribution < 1.29 is 23.5 Å². The standard InChI is InChI=1S/C12H18N5O5P/c1-20-8-3-7(4-21-23(2,18)19)22-12(8)17-6-16-9-10(13)14-5-15-11(9)17/h5-8,12H,3-4H2,1-2H3,(H,18,19)(H2,13,14,15). The number of ether oxygens (including phenoxy) is 2. The number of nitrogens with zero attached hydrogens (tertiary/aromatic N) is 4. The Morgan fingerprint density at radius 1 is 1.52 bits per heavy atom. The van der Waals surface area contributed by atoms with Gasteiger partial charge in [0.05, 0.1) is 19.0 Å². The predicted octanol–water partition coefficient (Wildman–Crippen LogP) is 0.543. The van der Waals surface area contributed by atoms with E-state index in [1.807, 2.05) is 0 Å². The average Bonchev–Trinajstić information content (AvgIpc) is 3.08. The Hall–Kier alpha value is -1.58. The summed E-state index contributed by atoms with van der Waals surface area (Å²) >= 11 is 0. The van der Waals surface area contributed by atoms with Gasteiger partial charge in [-0.2, -0.15) is 0 Å². The van der Waals surface area contributed by atoms with E-state index in [1.165, 1.54) is 6.33 Å². The van der Waals surface area contributed by atoms with Crippen LogP contribution in [0.2, 0.25) is 0 Å². The fourth-order valence-corrected chi connectivity index (χ4v) is 3.00. The summed E-state index contributed by atoms with van der Waals surface area (Å²) in [5, 5.41) is 0. The van der Waals surface area contributed by atoms with E-state index in [1.54, 1.807) is 18.0 Å².